The zero-order valence-electron chi connectivity index (χ0n) is 17.5. The van der Waals surface area contributed by atoms with Gasteiger partial charge in [0, 0.05) is 5.69 Å². The molecular weight excluding hydrogens is 406 g/mol. The van der Waals surface area contributed by atoms with Gasteiger partial charge in [-0.05, 0) is 57.5 Å². The molecule has 0 aliphatic carbocycles. The van der Waals surface area contributed by atoms with Crippen LogP contribution in [0.4, 0.5) is 16.2 Å². The second kappa shape index (κ2) is 10.1. The van der Waals surface area contributed by atoms with E-state index in [0.29, 0.717) is 16.4 Å². The highest BCUT2D eigenvalue weighted by atomic mass is 35.5. The minimum Gasteiger partial charge on any atom is -0.459 e. The van der Waals surface area contributed by atoms with Crippen molar-refractivity contribution in [1.82, 2.24) is 5.32 Å². The average molecular weight is 432 g/mol. The molecule has 0 atom stereocenters. The molecule has 30 heavy (non-hydrogen) atoms. The van der Waals surface area contributed by atoms with Gasteiger partial charge in [-0.15, -0.1) is 0 Å². The fourth-order valence-corrected chi connectivity index (χ4v) is 2.87. The van der Waals surface area contributed by atoms with Crippen molar-refractivity contribution in [3.63, 3.8) is 0 Å². The number of aryl methyl sites for hydroxylation is 1. The van der Waals surface area contributed by atoms with Crippen LogP contribution in [0.2, 0.25) is 5.02 Å². The molecule has 2 aromatic rings. The van der Waals surface area contributed by atoms with Crippen molar-refractivity contribution >= 4 is 40.9 Å². The number of amides is 3. The highest BCUT2D eigenvalue weighted by molar-refractivity contribution is 6.34. The molecule has 8 heteroatoms. The summed E-state index contributed by atoms with van der Waals surface area (Å²) in [6.07, 6.45) is 0. The maximum Gasteiger partial charge on any atom is 0.326 e. The van der Waals surface area contributed by atoms with Gasteiger partial charge in [0.15, 0.2) is 0 Å². The van der Waals surface area contributed by atoms with Crippen molar-refractivity contribution in [3.05, 3.63) is 59.1 Å². The molecule has 0 aromatic heterocycles. The van der Waals surface area contributed by atoms with Gasteiger partial charge in [-0.3, -0.25) is 14.5 Å². The summed E-state index contributed by atoms with van der Waals surface area (Å²) in [7, 11) is 0. The van der Waals surface area contributed by atoms with E-state index < -0.39 is 23.5 Å². The third-order valence-corrected chi connectivity index (χ3v) is 4.15. The summed E-state index contributed by atoms with van der Waals surface area (Å²) in [4.78, 5) is 38.5. The van der Waals surface area contributed by atoms with E-state index in [0.717, 1.165) is 5.56 Å². The van der Waals surface area contributed by atoms with Crippen molar-refractivity contribution in [2.45, 2.75) is 33.3 Å². The molecule has 0 radical (unpaired) electrons. The lowest BCUT2D eigenvalue weighted by atomic mass is 10.2. The Hall–Kier alpha value is -3.06. The summed E-state index contributed by atoms with van der Waals surface area (Å²) >= 11 is 6.22. The van der Waals surface area contributed by atoms with Gasteiger partial charge in [0.25, 0.3) is 0 Å². The van der Waals surface area contributed by atoms with Crippen molar-refractivity contribution in [3.8, 4) is 0 Å². The van der Waals surface area contributed by atoms with Gasteiger partial charge >= 0.3 is 12.0 Å². The van der Waals surface area contributed by atoms with Gasteiger partial charge < -0.3 is 15.4 Å². The number of nitrogens with zero attached hydrogens (tertiary/aromatic N) is 1. The maximum atomic E-state index is 12.8. The molecule has 160 valence electrons. The molecule has 3 amide bonds. The number of anilines is 2. The van der Waals surface area contributed by atoms with E-state index in [1.807, 2.05) is 19.1 Å². The van der Waals surface area contributed by atoms with Crippen LogP contribution in [0, 0.1) is 6.92 Å². The molecular formula is C22H26ClN3O4. The van der Waals surface area contributed by atoms with E-state index in [4.69, 9.17) is 16.3 Å². The smallest absolute Gasteiger partial charge is 0.326 e. The first-order chi connectivity index (χ1) is 14.0. The summed E-state index contributed by atoms with van der Waals surface area (Å²) in [5.41, 5.74) is 1.26. The third kappa shape index (κ3) is 7.40. The molecule has 2 rings (SSSR count). The Kier molecular flexibility index (Phi) is 7.83. The Morgan fingerprint density at radius 1 is 1.07 bits per heavy atom. The first-order valence-electron chi connectivity index (χ1n) is 9.43. The van der Waals surface area contributed by atoms with Crippen LogP contribution in [-0.2, 0) is 14.3 Å². The molecule has 7 nitrogen and oxygen atoms in total. The number of hydrogen-bond acceptors (Lipinski definition) is 4. The van der Waals surface area contributed by atoms with Gasteiger partial charge in [0.2, 0.25) is 5.91 Å². The predicted octanol–water partition coefficient (Wildman–Crippen LogP) is 4.14. The Labute approximate surface area is 181 Å². The number of rotatable bonds is 6. The highest BCUT2D eigenvalue weighted by Gasteiger charge is 2.25. The van der Waals surface area contributed by atoms with Crippen molar-refractivity contribution < 1.29 is 19.1 Å². The third-order valence-electron chi connectivity index (χ3n) is 3.83. The number of halogens is 1. The monoisotopic (exact) mass is 431 g/mol. The number of benzene rings is 2. The van der Waals surface area contributed by atoms with E-state index in [1.54, 1.807) is 57.2 Å². The van der Waals surface area contributed by atoms with Crippen LogP contribution in [0.25, 0.3) is 0 Å². The standard InChI is InChI=1S/C22H26ClN3O4/c1-15-8-7-9-16(12-15)25-21(29)24-13-19(27)26(14-20(28)30-22(2,3)4)18-11-6-5-10-17(18)23/h5-12H,13-14H2,1-4H3,(H2,24,25,29). The van der Waals surface area contributed by atoms with E-state index in [-0.39, 0.29) is 13.1 Å². The molecule has 0 fully saturated rings. The Bertz CT molecular complexity index is 925. The Morgan fingerprint density at radius 2 is 1.77 bits per heavy atom. The SMILES string of the molecule is Cc1cccc(NC(=O)NCC(=O)N(CC(=O)OC(C)(C)C)c2ccccc2Cl)c1. The minimum atomic E-state index is -0.696. The van der Waals surface area contributed by atoms with Crippen molar-refractivity contribution in [2.24, 2.45) is 0 Å². The zero-order valence-corrected chi connectivity index (χ0v) is 18.2. The van der Waals surface area contributed by atoms with Crippen LogP contribution in [0.15, 0.2) is 48.5 Å². The van der Waals surface area contributed by atoms with Crippen molar-refractivity contribution in [2.75, 3.05) is 23.3 Å². The van der Waals surface area contributed by atoms with E-state index in [9.17, 15) is 14.4 Å². The zero-order chi connectivity index (χ0) is 22.3. The van der Waals surface area contributed by atoms with E-state index in [2.05, 4.69) is 10.6 Å². The second-order valence-corrected chi connectivity index (χ2v) is 8.10. The number of urea groups is 1. The minimum absolute atomic E-state index is 0.304. The summed E-state index contributed by atoms with van der Waals surface area (Å²) in [6, 6.07) is 13.4. The molecule has 0 unspecified atom stereocenters. The highest BCUT2D eigenvalue weighted by Crippen LogP contribution is 2.25. The van der Waals surface area contributed by atoms with Crippen molar-refractivity contribution in [1.29, 1.82) is 0 Å². The number of esters is 1. The Morgan fingerprint density at radius 3 is 2.40 bits per heavy atom. The molecule has 0 spiro atoms. The van der Waals surface area contributed by atoms with Crippen LogP contribution >= 0.6 is 11.6 Å². The van der Waals surface area contributed by atoms with E-state index >= 15 is 0 Å². The molecule has 2 aromatic carbocycles. The van der Waals surface area contributed by atoms with Gasteiger partial charge in [-0.25, -0.2) is 4.79 Å². The number of ether oxygens (including phenoxy) is 1. The topological polar surface area (TPSA) is 87.7 Å². The lowest BCUT2D eigenvalue weighted by Gasteiger charge is -2.26. The number of carbonyl (C=O) groups is 3. The van der Waals surface area contributed by atoms with Gasteiger partial charge in [0.05, 0.1) is 17.3 Å². The summed E-state index contributed by atoms with van der Waals surface area (Å²) < 4.78 is 5.32. The fraction of sp³-hybridized carbons (Fsp3) is 0.318. The lowest BCUT2D eigenvalue weighted by molar-refractivity contribution is -0.153. The molecule has 0 aliphatic heterocycles. The molecule has 0 saturated carbocycles. The van der Waals surface area contributed by atoms with Crippen LogP contribution < -0.4 is 15.5 Å². The van der Waals surface area contributed by atoms with E-state index in [1.165, 1.54) is 4.90 Å². The van der Waals surface area contributed by atoms with Gasteiger partial charge in [-0.2, -0.15) is 0 Å². The molecule has 2 N–H and O–H groups in total. The average Bonchev–Trinajstić information content (AvgIpc) is 2.63. The number of nitrogens with one attached hydrogen (secondary N) is 2. The molecule has 0 aliphatic rings. The Balaban J connectivity index is 2.07. The summed E-state index contributed by atoms with van der Waals surface area (Å²) in [5.74, 6) is -1.09. The van der Waals surface area contributed by atoms with Gasteiger partial charge in [-0.1, -0.05) is 35.9 Å². The van der Waals surface area contributed by atoms with Crippen LogP contribution in [0.5, 0.6) is 0 Å². The van der Waals surface area contributed by atoms with Crippen LogP contribution in [-0.4, -0.2) is 36.6 Å². The first-order valence-corrected chi connectivity index (χ1v) is 9.81. The molecule has 0 bridgehead atoms. The molecule has 0 saturated heterocycles. The number of hydrogen-bond donors (Lipinski definition) is 2. The predicted molar refractivity (Wildman–Crippen MR) is 118 cm³/mol. The summed E-state index contributed by atoms with van der Waals surface area (Å²) in [5, 5.41) is 5.47. The second-order valence-electron chi connectivity index (χ2n) is 7.69. The quantitative estimate of drug-likeness (QED) is 0.672. The lowest BCUT2D eigenvalue weighted by Crippen LogP contribution is -2.45. The number of para-hydroxylation sites is 1. The molecule has 0 heterocycles. The first kappa shape index (κ1) is 23.2. The van der Waals surface area contributed by atoms with Gasteiger partial charge in [0.1, 0.15) is 12.1 Å². The van der Waals surface area contributed by atoms with Crippen LogP contribution in [0.1, 0.15) is 26.3 Å². The maximum absolute atomic E-state index is 12.8. The summed E-state index contributed by atoms with van der Waals surface area (Å²) in [6.45, 7) is 6.47. The normalized spacial score (nSPS) is 10.8. The number of carbonyl (C=O) groups excluding carboxylic acids is 3. The largest absolute Gasteiger partial charge is 0.459 e. The van der Waals surface area contributed by atoms with Crippen LogP contribution in [0.3, 0.4) is 0 Å². The fourth-order valence-electron chi connectivity index (χ4n) is 2.63.